The van der Waals surface area contributed by atoms with E-state index in [9.17, 15) is 4.79 Å². The lowest BCUT2D eigenvalue weighted by atomic mass is 10.1. The minimum absolute atomic E-state index is 0.0110. The van der Waals surface area contributed by atoms with Crippen LogP contribution in [0.5, 0.6) is 0 Å². The molecule has 1 unspecified atom stereocenters. The van der Waals surface area contributed by atoms with Crippen LogP contribution in [0, 0.1) is 6.92 Å². The van der Waals surface area contributed by atoms with Crippen LogP contribution in [0.15, 0.2) is 42.7 Å². The summed E-state index contributed by atoms with van der Waals surface area (Å²) in [6, 6.07) is 9.26. The number of nitrogens with one attached hydrogen (secondary N) is 1. The number of fused-ring (bicyclic) bond motifs is 1. The maximum atomic E-state index is 13.0. The molecular formula is C18H18N4O2. The molecule has 1 N–H and O–H groups in total. The number of amides is 1. The first-order chi connectivity index (χ1) is 11.7. The van der Waals surface area contributed by atoms with E-state index < -0.39 is 0 Å². The standard InChI is InChI=1S/C18H18N4O2/c1-12-10-20-17(21-12)16-11-24-8-7-22(16)18(23)14-4-5-15-13(9-14)3-2-6-19-15/h2-6,9-10,16H,7-8,11H2,1H3,(H,20,21). The predicted octanol–water partition coefficient (Wildman–Crippen LogP) is 2.48. The lowest BCUT2D eigenvalue weighted by molar-refractivity contribution is -0.00500. The number of rotatable bonds is 2. The van der Waals surface area contributed by atoms with Crippen LogP contribution in [-0.2, 0) is 4.74 Å². The fourth-order valence-electron chi connectivity index (χ4n) is 3.05. The van der Waals surface area contributed by atoms with E-state index >= 15 is 0 Å². The summed E-state index contributed by atoms with van der Waals surface area (Å²) in [6.45, 7) is 3.49. The zero-order valence-corrected chi connectivity index (χ0v) is 13.4. The van der Waals surface area contributed by atoms with Gasteiger partial charge in [0, 0.05) is 35.6 Å². The monoisotopic (exact) mass is 322 g/mol. The second-order valence-electron chi connectivity index (χ2n) is 5.95. The molecule has 0 saturated carbocycles. The Kier molecular flexibility index (Phi) is 3.74. The summed E-state index contributed by atoms with van der Waals surface area (Å²) < 4.78 is 5.57. The molecule has 0 aliphatic carbocycles. The minimum Gasteiger partial charge on any atom is -0.377 e. The van der Waals surface area contributed by atoms with E-state index in [2.05, 4.69) is 15.0 Å². The van der Waals surface area contributed by atoms with E-state index in [0.29, 0.717) is 25.3 Å². The summed E-state index contributed by atoms with van der Waals surface area (Å²) >= 11 is 0. The Morgan fingerprint density at radius 3 is 3.08 bits per heavy atom. The van der Waals surface area contributed by atoms with Gasteiger partial charge in [0.15, 0.2) is 0 Å². The van der Waals surface area contributed by atoms with Crippen molar-refractivity contribution in [3.05, 3.63) is 59.8 Å². The van der Waals surface area contributed by atoms with Gasteiger partial charge in [-0.25, -0.2) is 4.98 Å². The molecule has 1 aliphatic heterocycles. The Morgan fingerprint density at radius 1 is 1.33 bits per heavy atom. The number of benzene rings is 1. The summed E-state index contributed by atoms with van der Waals surface area (Å²) in [6.07, 6.45) is 3.52. The number of ether oxygens (including phenoxy) is 1. The van der Waals surface area contributed by atoms with Crippen molar-refractivity contribution in [1.82, 2.24) is 19.9 Å². The van der Waals surface area contributed by atoms with Crippen molar-refractivity contribution >= 4 is 16.8 Å². The smallest absolute Gasteiger partial charge is 0.254 e. The quantitative estimate of drug-likeness (QED) is 0.787. The van der Waals surface area contributed by atoms with Crippen LogP contribution >= 0.6 is 0 Å². The molecule has 1 saturated heterocycles. The molecule has 1 aromatic carbocycles. The average Bonchev–Trinajstić information content (AvgIpc) is 3.07. The van der Waals surface area contributed by atoms with Crippen LogP contribution in [0.2, 0.25) is 0 Å². The Labute approximate surface area is 139 Å². The topological polar surface area (TPSA) is 71.1 Å². The van der Waals surface area contributed by atoms with Gasteiger partial charge in [-0.2, -0.15) is 0 Å². The number of morpholine rings is 1. The van der Waals surface area contributed by atoms with Crippen molar-refractivity contribution in [2.45, 2.75) is 13.0 Å². The lowest BCUT2D eigenvalue weighted by Gasteiger charge is -2.34. The largest absolute Gasteiger partial charge is 0.377 e. The van der Waals surface area contributed by atoms with Crippen LogP contribution in [0.25, 0.3) is 10.9 Å². The third-order valence-electron chi connectivity index (χ3n) is 4.28. The molecule has 3 heterocycles. The molecule has 1 aliphatic rings. The van der Waals surface area contributed by atoms with Crippen molar-refractivity contribution in [1.29, 1.82) is 0 Å². The number of imidazole rings is 1. The van der Waals surface area contributed by atoms with Crippen LogP contribution < -0.4 is 0 Å². The summed E-state index contributed by atoms with van der Waals surface area (Å²) in [4.78, 5) is 26.8. The molecule has 24 heavy (non-hydrogen) atoms. The summed E-state index contributed by atoms with van der Waals surface area (Å²) in [5.41, 5.74) is 2.51. The summed E-state index contributed by atoms with van der Waals surface area (Å²) in [5, 5.41) is 0.960. The van der Waals surface area contributed by atoms with Crippen LogP contribution in [0.1, 0.15) is 27.9 Å². The normalized spacial score (nSPS) is 18.0. The number of pyridine rings is 1. The third kappa shape index (κ3) is 2.65. The maximum absolute atomic E-state index is 13.0. The van der Waals surface area contributed by atoms with E-state index in [1.807, 2.05) is 42.2 Å². The highest BCUT2D eigenvalue weighted by Crippen LogP contribution is 2.25. The molecule has 1 fully saturated rings. The number of aryl methyl sites for hydroxylation is 1. The van der Waals surface area contributed by atoms with Gasteiger partial charge >= 0.3 is 0 Å². The number of hydrogen-bond acceptors (Lipinski definition) is 4. The van der Waals surface area contributed by atoms with Gasteiger partial charge < -0.3 is 14.6 Å². The van der Waals surface area contributed by atoms with Gasteiger partial charge in [0.05, 0.1) is 18.7 Å². The molecule has 3 aromatic rings. The van der Waals surface area contributed by atoms with Gasteiger partial charge in [0.2, 0.25) is 0 Å². The molecular weight excluding hydrogens is 304 g/mol. The number of carbonyl (C=O) groups excluding carboxylic acids is 1. The molecule has 2 aromatic heterocycles. The van der Waals surface area contributed by atoms with E-state index in [1.165, 1.54) is 0 Å². The Balaban J connectivity index is 1.67. The van der Waals surface area contributed by atoms with E-state index in [1.54, 1.807) is 12.4 Å². The maximum Gasteiger partial charge on any atom is 0.254 e. The van der Waals surface area contributed by atoms with Gasteiger partial charge in [-0.1, -0.05) is 6.07 Å². The zero-order chi connectivity index (χ0) is 16.5. The third-order valence-corrected chi connectivity index (χ3v) is 4.28. The first-order valence-electron chi connectivity index (χ1n) is 7.97. The molecule has 1 atom stereocenters. The number of carbonyl (C=O) groups is 1. The fourth-order valence-corrected chi connectivity index (χ4v) is 3.05. The van der Waals surface area contributed by atoms with E-state index in [4.69, 9.17) is 4.74 Å². The zero-order valence-electron chi connectivity index (χ0n) is 13.4. The number of aromatic nitrogens is 3. The minimum atomic E-state index is -0.190. The summed E-state index contributed by atoms with van der Waals surface area (Å²) in [5.74, 6) is 0.756. The first kappa shape index (κ1) is 14.8. The Hall–Kier alpha value is -2.73. The number of hydrogen-bond donors (Lipinski definition) is 1. The lowest BCUT2D eigenvalue weighted by Crippen LogP contribution is -2.43. The van der Waals surface area contributed by atoms with Gasteiger partial charge in [-0.15, -0.1) is 0 Å². The second-order valence-corrected chi connectivity index (χ2v) is 5.95. The van der Waals surface area contributed by atoms with Crippen LogP contribution in [-0.4, -0.2) is 45.5 Å². The van der Waals surface area contributed by atoms with Gasteiger partial charge in [-0.05, 0) is 31.2 Å². The van der Waals surface area contributed by atoms with Crippen molar-refractivity contribution in [2.24, 2.45) is 0 Å². The summed E-state index contributed by atoms with van der Waals surface area (Å²) in [7, 11) is 0. The molecule has 0 bridgehead atoms. The van der Waals surface area contributed by atoms with Crippen molar-refractivity contribution in [2.75, 3.05) is 19.8 Å². The van der Waals surface area contributed by atoms with Crippen LogP contribution in [0.3, 0.4) is 0 Å². The van der Waals surface area contributed by atoms with Crippen molar-refractivity contribution in [3.8, 4) is 0 Å². The molecule has 6 heteroatoms. The molecule has 122 valence electrons. The van der Waals surface area contributed by atoms with Crippen molar-refractivity contribution in [3.63, 3.8) is 0 Å². The Bertz CT molecular complexity index is 889. The second kappa shape index (κ2) is 6.05. The number of nitrogens with zero attached hydrogens (tertiary/aromatic N) is 3. The van der Waals surface area contributed by atoms with Crippen molar-refractivity contribution < 1.29 is 9.53 Å². The van der Waals surface area contributed by atoms with Gasteiger partial charge in [0.1, 0.15) is 11.9 Å². The molecule has 0 radical (unpaired) electrons. The molecule has 1 amide bonds. The number of aromatic amines is 1. The SMILES string of the molecule is Cc1cnc(C2COCCN2C(=O)c2ccc3ncccc3c2)[nH]1. The molecule has 0 spiro atoms. The average molecular weight is 322 g/mol. The van der Waals surface area contributed by atoms with E-state index in [0.717, 1.165) is 22.4 Å². The highest BCUT2D eigenvalue weighted by molar-refractivity contribution is 5.98. The van der Waals surface area contributed by atoms with Gasteiger partial charge in [0.25, 0.3) is 5.91 Å². The first-order valence-corrected chi connectivity index (χ1v) is 7.97. The number of H-pyrrole nitrogens is 1. The fraction of sp³-hybridized carbons (Fsp3) is 0.278. The Morgan fingerprint density at radius 2 is 2.25 bits per heavy atom. The van der Waals surface area contributed by atoms with Gasteiger partial charge in [-0.3, -0.25) is 9.78 Å². The molecule has 4 rings (SSSR count). The molecule has 6 nitrogen and oxygen atoms in total. The van der Waals surface area contributed by atoms with E-state index in [-0.39, 0.29) is 11.9 Å². The predicted molar refractivity (Wildman–Crippen MR) is 89.7 cm³/mol. The highest BCUT2D eigenvalue weighted by Gasteiger charge is 2.31. The highest BCUT2D eigenvalue weighted by atomic mass is 16.5. The van der Waals surface area contributed by atoms with Crippen LogP contribution in [0.4, 0.5) is 0 Å².